The molecule has 1 aromatic carbocycles. The lowest BCUT2D eigenvalue weighted by Gasteiger charge is -2.16. The fourth-order valence-corrected chi connectivity index (χ4v) is 1.62. The third kappa shape index (κ3) is 2.54. The van der Waals surface area contributed by atoms with E-state index in [1.807, 2.05) is 5.92 Å². The highest BCUT2D eigenvalue weighted by Gasteiger charge is 2.65. The summed E-state index contributed by atoms with van der Waals surface area (Å²) in [6, 6.07) is 5.69. The Morgan fingerprint density at radius 2 is 1.89 bits per heavy atom. The number of carbonyl (C=O) groups is 1. The van der Waals surface area contributed by atoms with Crippen LogP contribution in [0.1, 0.15) is 11.1 Å². The second-order valence-corrected chi connectivity index (χ2v) is 4.02. The number of benzene rings is 1. The summed E-state index contributed by atoms with van der Waals surface area (Å²) in [6.45, 7) is 0.170. The number of amides is 1. The Morgan fingerprint density at radius 1 is 1.32 bits per heavy atom. The van der Waals surface area contributed by atoms with Crippen molar-refractivity contribution < 1.29 is 18.0 Å². The summed E-state index contributed by atoms with van der Waals surface area (Å²) in [6.07, 6.45) is 0.446. The van der Waals surface area contributed by atoms with Gasteiger partial charge in [-0.15, -0.1) is 6.42 Å². The van der Waals surface area contributed by atoms with Crippen molar-refractivity contribution in [1.29, 1.82) is 0 Å². The van der Waals surface area contributed by atoms with Crippen molar-refractivity contribution in [2.75, 3.05) is 0 Å². The van der Waals surface area contributed by atoms with E-state index in [1.165, 1.54) is 24.3 Å². The number of hydrazine groups is 1. The summed E-state index contributed by atoms with van der Waals surface area (Å²) in [7, 11) is 0. The molecule has 3 N–H and O–H groups in total. The molecule has 1 amide bonds. The van der Waals surface area contributed by atoms with Crippen molar-refractivity contribution in [2.24, 2.45) is 0 Å². The van der Waals surface area contributed by atoms with Crippen LogP contribution in [-0.4, -0.2) is 12.1 Å². The molecule has 0 spiro atoms. The monoisotopic (exact) mass is 269 g/mol. The minimum absolute atomic E-state index is 0.0621. The van der Waals surface area contributed by atoms with Crippen LogP contribution < -0.4 is 16.2 Å². The molecule has 0 aliphatic carbocycles. The molecule has 7 heteroatoms. The van der Waals surface area contributed by atoms with Gasteiger partial charge in [-0.1, -0.05) is 24.3 Å². The standard InChI is InChI=1S/C12H10F3N3O/c1-2-10(19)16-7-8-3-5-9(6-4-8)11(17-18-11)12(13,14)15/h1,3-6,17-18H,7H2,(H,16,19). The average molecular weight is 269 g/mol. The predicted molar refractivity (Wildman–Crippen MR) is 61.1 cm³/mol. The summed E-state index contributed by atoms with van der Waals surface area (Å²) >= 11 is 0. The molecule has 1 aromatic rings. The highest BCUT2D eigenvalue weighted by molar-refractivity contribution is 5.92. The van der Waals surface area contributed by atoms with E-state index < -0.39 is 17.7 Å². The van der Waals surface area contributed by atoms with Crippen molar-refractivity contribution in [3.8, 4) is 12.3 Å². The molecule has 0 saturated carbocycles. The minimum atomic E-state index is -4.42. The van der Waals surface area contributed by atoms with Gasteiger partial charge in [0.05, 0.1) is 0 Å². The van der Waals surface area contributed by atoms with E-state index in [9.17, 15) is 18.0 Å². The van der Waals surface area contributed by atoms with Gasteiger partial charge in [0, 0.05) is 6.54 Å². The molecule has 0 radical (unpaired) electrons. The van der Waals surface area contributed by atoms with Gasteiger partial charge in [0.25, 0.3) is 5.91 Å². The molecule has 1 saturated heterocycles. The SMILES string of the molecule is C#CC(=O)NCc1ccc(C2(C(F)(F)F)NN2)cc1. The first kappa shape index (κ1) is 13.4. The van der Waals surface area contributed by atoms with Crippen LogP contribution in [0.4, 0.5) is 13.2 Å². The summed E-state index contributed by atoms with van der Waals surface area (Å²) in [4.78, 5) is 10.8. The molecule has 100 valence electrons. The van der Waals surface area contributed by atoms with Crippen molar-refractivity contribution in [3.05, 3.63) is 35.4 Å². The Balaban J connectivity index is 2.08. The zero-order valence-corrected chi connectivity index (χ0v) is 9.64. The van der Waals surface area contributed by atoms with Crippen LogP contribution in [0.15, 0.2) is 24.3 Å². The zero-order valence-electron chi connectivity index (χ0n) is 9.64. The Morgan fingerprint density at radius 3 is 2.32 bits per heavy atom. The Kier molecular flexibility index (Phi) is 3.22. The van der Waals surface area contributed by atoms with Crippen molar-refractivity contribution >= 4 is 5.91 Å². The Bertz CT molecular complexity index is 527. The van der Waals surface area contributed by atoms with E-state index in [0.29, 0.717) is 5.56 Å². The van der Waals surface area contributed by atoms with E-state index in [2.05, 4.69) is 16.2 Å². The first-order valence-corrected chi connectivity index (χ1v) is 5.34. The average Bonchev–Trinajstić information content (AvgIpc) is 3.17. The number of nitrogens with one attached hydrogen (secondary N) is 3. The van der Waals surface area contributed by atoms with Crippen LogP contribution in [-0.2, 0) is 17.0 Å². The van der Waals surface area contributed by atoms with Crippen LogP contribution in [0.3, 0.4) is 0 Å². The first-order chi connectivity index (χ1) is 8.89. The van der Waals surface area contributed by atoms with Gasteiger partial charge in [-0.3, -0.25) is 4.79 Å². The molecule has 0 aromatic heterocycles. The van der Waals surface area contributed by atoms with Crippen LogP contribution in [0.5, 0.6) is 0 Å². The molecule has 1 fully saturated rings. The Hall–Kier alpha value is -2.04. The van der Waals surface area contributed by atoms with Crippen LogP contribution in [0.25, 0.3) is 0 Å². The number of hydrogen-bond donors (Lipinski definition) is 3. The maximum Gasteiger partial charge on any atom is 0.426 e. The molecular formula is C12H10F3N3O. The molecule has 2 rings (SSSR count). The number of rotatable bonds is 3. The molecule has 4 nitrogen and oxygen atoms in total. The van der Waals surface area contributed by atoms with Gasteiger partial charge in [0.15, 0.2) is 0 Å². The summed E-state index contributed by atoms with van der Waals surface area (Å²) in [5.41, 5.74) is 2.78. The lowest BCUT2D eigenvalue weighted by atomic mass is 10.0. The second kappa shape index (κ2) is 4.57. The quantitative estimate of drug-likeness (QED) is 0.560. The molecule has 1 aliphatic heterocycles. The summed E-state index contributed by atoms with van der Waals surface area (Å²) in [5.74, 6) is 1.31. The Labute approximate surface area is 107 Å². The summed E-state index contributed by atoms with van der Waals surface area (Å²) < 4.78 is 38.3. The fraction of sp³-hybridized carbons (Fsp3) is 0.250. The molecule has 0 unspecified atom stereocenters. The third-order valence-electron chi connectivity index (χ3n) is 2.77. The molecular weight excluding hydrogens is 259 g/mol. The van der Waals surface area contributed by atoms with E-state index in [4.69, 9.17) is 6.42 Å². The number of carbonyl (C=O) groups excluding carboxylic acids is 1. The van der Waals surface area contributed by atoms with Crippen LogP contribution >= 0.6 is 0 Å². The van der Waals surface area contributed by atoms with E-state index in [0.717, 1.165) is 0 Å². The molecule has 0 bridgehead atoms. The zero-order chi connectivity index (χ0) is 14.1. The van der Waals surface area contributed by atoms with Gasteiger partial charge in [-0.2, -0.15) is 13.2 Å². The second-order valence-electron chi connectivity index (χ2n) is 4.02. The van der Waals surface area contributed by atoms with Gasteiger partial charge >= 0.3 is 6.18 Å². The fourth-order valence-electron chi connectivity index (χ4n) is 1.62. The number of hydrogen-bond acceptors (Lipinski definition) is 3. The van der Waals surface area contributed by atoms with E-state index in [1.54, 1.807) is 0 Å². The maximum atomic E-state index is 12.8. The molecule has 1 aliphatic rings. The molecule has 0 atom stereocenters. The van der Waals surface area contributed by atoms with Gasteiger partial charge in [-0.05, 0) is 17.0 Å². The molecule has 19 heavy (non-hydrogen) atoms. The van der Waals surface area contributed by atoms with Gasteiger partial charge < -0.3 is 5.32 Å². The van der Waals surface area contributed by atoms with Crippen molar-refractivity contribution in [3.63, 3.8) is 0 Å². The number of alkyl halides is 3. The van der Waals surface area contributed by atoms with Crippen LogP contribution in [0.2, 0.25) is 0 Å². The van der Waals surface area contributed by atoms with E-state index in [-0.39, 0.29) is 12.1 Å². The number of terminal acetylenes is 1. The lowest BCUT2D eigenvalue weighted by Crippen LogP contribution is -2.34. The van der Waals surface area contributed by atoms with Crippen molar-refractivity contribution in [1.82, 2.24) is 16.2 Å². The topological polar surface area (TPSA) is 73.0 Å². The third-order valence-corrected chi connectivity index (χ3v) is 2.77. The maximum absolute atomic E-state index is 12.8. The van der Waals surface area contributed by atoms with Crippen molar-refractivity contribution in [2.45, 2.75) is 18.4 Å². The summed E-state index contributed by atoms with van der Waals surface area (Å²) in [5, 5.41) is 2.42. The largest absolute Gasteiger partial charge is 0.426 e. The normalized spacial score (nSPS) is 16.5. The lowest BCUT2D eigenvalue weighted by molar-refractivity contribution is -0.165. The smallest absolute Gasteiger partial charge is 0.341 e. The predicted octanol–water partition coefficient (Wildman–Crippen LogP) is 0.759. The molecule has 1 heterocycles. The van der Waals surface area contributed by atoms with Crippen LogP contribution in [0, 0.1) is 12.3 Å². The minimum Gasteiger partial charge on any atom is -0.341 e. The van der Waals surface area contributed by atoms with Gasteiger partial charge in [-0.25, -0.2) is 10.9 Å². The van der Waals surface area contributed by atoms with E-state index >= 15 is 0 Å². The highest BCUT2D eigenvalue weighted by atomic mass is 19.4. The number of halogens is 3. The van der Waals surface area contributed by atoms with Gasteiger partial charge in [0.1, 0.15) is 0 Å². The van der Waals surface area contributed by atoms with Gasteiger partial charge in [0.2, 0.25) is 5.66 Å². The highest BCUT2D eigenvalue weighted by Crippen LogP contribution is 2.41. The first-order valence-electron chi connectivity index (χ1n) is 5.34.